The van der Waals surface area contributed by atoms with Crippen LogP contribution in [0.3, 0.4) is 0 Å². The van der Waals surface area contributed by atoms with Crippen molar-refractivity contribution in [3.05, 3.63) is 28.8 Å². The standard InChI is InChI=1S/C15H22ClNO4S/c1-3-17(9-12-6-7-21-10-12)22(18,19)11-13-8-14(16)4-5-15(13)20-2/h4-5,8,12H,3,6-7,9-11H2,1-2H3/t12-/m1/s1. The molecule has 1 fully saturated rings. The number of benzene rings is 1. The summed E-state index contributed by atoms with van der Waals surface area (Å²) in [6.07, 6.45) is 0.909. The third-order valence-corrected chi connectivity index (χ3v) is 5.92. The van der Waals surface area contributed by atoms with Gasteiger partial charge in [0.1, 0.15) is 5.75 Å². The van der Waals surface area contributed by atoms with Crippen LogP contribution in [0.2, 0.25) is 5.02 Å². The van der Waals surface area contributed by atoms with E-state index in [2.05, 4.69) is 0 Å². The van der Waals surface area contributed by atoms with Crippen LogP contribution in [0.1, 0.15) is 18.9 Å². The summed E-state index contributed by atoms with van der Waals surface area (Å²) in [7, 11) is -1.90. The monoisotopic (exact) mass is 347 g/mol. The van der Waals surface area contributed by atoms with Crippen molar-refractivity contribution in [2.45, 2.75) is 19.1 Å². The first-order valence-corrected chi connectivity index (χ1v) is 9.33. The first-order valence-electron chi connectivity index (χ1n) is 7.34. The van der Waals surface area contributed by atoms with Crippen LogP contribution in [0.5, 0.6) is 5.75 Å². The number of ether oxygens (including phenoxy) is 2. The Balaban J connectivity index is 2.16. The Labute approximate surface area is 137 Å². The number of sulfonamides is 1. The van der Waals surface area contributed by atoms with Gasteiger partial charge in [-0.05, 0) is 30.5 Å². The van der Waals surface area contributed by atoms with Crippen LogP contribution >= 0.6 is 11.6 Å². The molecule has 0 spiro atoms. The molecule has 1 atom stereocenters. The van der Waals surface area contributed by atoms with Crippen LogP contribution < -0.4 is 4.74 Å². The molecule has 22 heavy (non-hydrogen) atoms. The zero-order valence-electron chi connectivity index (χ0n) is 12.9. The van der Waals surface area contributed by atoms with E-state index < -0.39 is 10.0 Å². The van der Waals surface area contributed by atoms with Gasteiger partial charge >= 0.3 is 0 Å². The Hall–Kier alpha value is -0.820. The van der Waals surface area contributed by atoms with Gasteiger partial charge in [0.05, 0.1) is 19.5 Å². The third kappa shape index (κ3) is 4.35. The van der Waals surface area contributed by atoms with Crippen LogP contribution in [0.15, 0.2) is 18.2 Å². The summed E-state index contributed by atoms with van der Waals surface area (Å²) in [6.45, 7) is 4.14. The Morgan fingerprint density at radius 3 is 2.82 bits per heavy atom. The molecule has 1 aliphatic heterocycles. The van der Waals surface area contributed by atoms with E-state index in [4.69, 9.17) is 21.1 Å². The van der Waals surface area contributed by atoms with E-state index in [1.165, 1.54) is 11.4 Å². The van der Waals surface area contributed by atoms with Gasteiger partial charge in [0.15, 0.2) is 0 Å². The minimum atomic E-state index is -3.42. The first-order chi connectivity index (χ1) is 10.5. The molecule has 1 aliphatic rings. The van der Waals surface area contributed by atoms with E-state index in [0.29, 0.717) is 42.6 Å². The zero-order chi connectivity index (χ0) is 16.2. The molecule has 0 radical (unpaired) electrons. The molecule has 0 bridgehead atoms. The van der Waals surface area contributed by atoms with E-state index in [0.717, 1.165) is 6.42 Å². The summed E-state index contributed by atoms with van der Waals surface area (Å²) >= 11 is 5.97. The zero-order valence-corrected chi connectivity index (χ0v) is 14.5. The lowest BCUT2D eigenvalue weighted by Crippen LogP contribution is -2.36. The van der Waals surface area contributed by atoms with Crippen LogP contribution in [0.4, 0.5) is 0 Å². The van der Waals surface area contributed by atoms with Crippen LogP contribution in [-0.4, -0.2) is 46.1 Å². The number of rotatable bonds is 7. The van der Waals surface area contributed by atoms with Crippen LogP contribution in [0.25, 0.3) is 0 Å². The van der Waals surface area contributed by atoms with Gasteiger partial charge in [-0.15, -0.1) is 0 Å². The van der Waals surface area contributed by atoms with Crippen LogP contribution in [-0.2, 0) is 20.5 Å². The highest BCUT2D eigenvalue weighted by Gasteiger charge is 2.27. The van der Waals surface area contributed by atoms with E-state index in [9.17, 15) is 8.42 Å². The molecule has 0 aromatic heterocycles. The molecule has 124 valence electrons. The highest BCUT2D eigenvalue weighted by atomic mass is 35.5. The topological polar surface area (TPSA) is 55.8 Å². The van der Waals surface area contributed by atoms with Crippen molar-refractivity contribution < 1.29 is 17.9 Å². The average molecular weight is 348 g/mol. The maximum absolute atomic E-state index is 12.7. The highest BCUT2D eigenvalue weighted by Crippen LogP contribution is 2.26. The predicted octanol–water partition coefficient (Wildman–Crippen LogP) is 2.54. The molecule has 0 N–H and O–H groups in total. The second-order valence-electron chi connectivity index (χ2n) is 5.39. The lowest BCUT2D eigenvalue weighted by molar-refractivity contribution is 0.181. The molecule has 0 saturated carbocycles. The lowest BCUT2D eigenvalue weighted by atomic mass is 10.1. The van der Waals surface area contributed by atoms with Gasteiger partial charge in [-0.3, -0.25) is 0 Å². The van der Waals surface area contributed by atoms with Crippen molar-refractivity contribution in [3.63, 3.8) is 0 Å². The van der Waals surface area contributed by atoms with Crippen molar-refractivity contribution in [3.8, 4) is 5.75 Å². The molecule has 0 amide bonds. The molecule has 2 rings (SSSR count). The Kier molecular flexibility index (Phi) is 6.09. The van der Waals surface area contributed by atoms with E-state index in [1.54, 1.807) is 18.2 Å². The smallest absolute Gasteiger partial charge is 0.218 e. The largest absolute Gasteiger partial charge is 0.496 e. The van der Waals surface area contributed by atoms with Crippen molar-refractivity contribution in [2.75, 3.05) is 33.4 Å². The number of methoxy groups -OCH3 is 1. The van der Waals surface area contributed by atoms with E-state index in [1.807, 2.05) is 6.92 Å². The minimum Gasteiger partial charge on any atom is -0.496 e. The van der Waals surface area contributed by atoms with Gasteiger partial charge in [0.25, 0.3) is 0 Å². The van der Waals surface area contributed by atoms with Crippen molar-refractivity contribution in [1.82, 2.24) is 4.31 Å². The summed E-state index contributed by atoms with van der Waals surface area (Å²) in [5.41, 5.74) is 0.580. The minimum absolute atomic E-state index is 0.113. The Bertz CT molecular complexity index is 600. The number of hydrogen-bond acceptors (Lipinski definition) is 4. The summed E-state index contributed by atoms with van der Waals surface area (Å²) in [5, 5.41) is 0.498. The van der Waals surface area contributed by atoms with Gasteiger partial charge < -0.3 is 9.47 Å². The van der Waals surface area contributed by atoms with Gasteiger partial charge in [-0.25, -0.2) is 12.7 Å². The predicted molar refractivity (Wildman–Crippen MR) is 86.8 cm³/mol. The SMILES string of the molecule is CCN(C[C@H]1CCOC1)S(=O)(=O)Cc1cc(Cl)ccc1OC. The molecular weight excluding hydrogens is 326 g/mol. The van der Waals surface area contributed by atoms with Crippen molar-refractivity contribution >= 4 is 21.6 Å². The first kappa shape index (κ1) is 17.5. The molecule has 1 heterocycles. The summed E-state index contributed by atoms with van der Waals surface area (Å²) in [6, 6.07) is 5.02. The fourth-order valence-corrected chi connectivity index (χ4v) is 4.43. The molecular formula is C15H22ClNO4S. The Morgan fingerprint density at radius 1 is 1.45 bits per heavy atom. The second-order valence-corrected chi connectivity index (χ2v) is 7.80. The van der Waals surface area contributed by atoms with Gasteiger partial charge in [-0.2, -0.15) is 0 Å². The molecule has 1 aromatic carbocycles. The van der Waals surface area contributed by atoms with Crippen molar-refractivity contribution in [1.29, 1.82) is 0 Å². The summed E-state index contributed by atoms with van der Waals surface area (Å²) < 4.78 is 37.4. The molecule has 7 heteroatoms. The second kappa shape index (κ2) is 7.64. The normalized spacial score (nSPS) is 18.8. The maximum Gasteiger partial charge on any atom is 0.218 e. The van der Waals surface area contributed by atoms with Crippen LogP contribution in [0, 0.1) is 5.92 Å². The highest BCUT2D eigenvalue weighted by molar-refractivity contribution is 7.88. The molecule has 5 nitrogen and oxygen atoms in total. The fraction of sp³-hybridized carbons (Fsp3) is 0.600. The van der Waals surface area contributed by atoms with E-state index in [-0.39, 0.29) is 11.7 Å². The average Bonchev–Trinajstić information content (AvgIpc) is 2.97. The van der Waals surface area contributed by atoms with Gasteiger partial charge in [0.2, 0.25) is 10.0 Å². The quantitative estimate of drug-likeness (QED) is 0.760. The Morgan fingerprint density at radius 2 is 2.23 bits per heavy atom. The van der Waals surface area contributed by atoms with Crippen molar-refractivity contribution in [2.24, 2.45) is 5.92 Å². The van der Waals surface area contributed by atoms with Gasteiger partial charge in [-0.1, -0.05) is 18.5 Å². The molecule has 1 saturated heterocycles. The number of hydrogen-bond donors (Lipinski definition) is 0. The summed E-state index contributed by atoms with van der Waals surface area (Å²) in [5.74, 6) is 0.697. The fourth-order valence-electron chi connectivity index (χ4n) is 2.60. The summed E-state index contributed by atoms with van der Waals surface area (Å²) in [4.78, 5) is 0. The number of nitrogens with zero attached hydrogens (tertiary/aromatic N) is 1. The maximum atomic E-state index is 12.7. The third-order valence-electron chi connectivity index (χ3n) is 3.81. The molecule has 0 unspecified atom stereocenters. The number of halogens is 1. The molecule has 1 aromatic rings. The molecule has 0 aliphatic carbocycles. The van der Waals surface area contributed by atoms with Gasteiger partial charge in [0, 0.05) is 30.3 Å². The van der Waals surface area contributed by atoms with E-state index >= 15 is 0 Å². The lowest BCUT2D eigenvalue weighted by Gasteiger charge is -2.23.